The van der Waals surface area contributed by atoms with Crippen molar-refractivity contribution < 1.29 is 25.8 Å². The Morgan fingerprint density at radius 1 is 0.500 bits per heavy atom. The maximum Gasteiger partial charge on any atom is 0.135 e. The maximum atomic E-state index is 7.13. The number of fused-ring (bicyclic) bond motifs is 4. The Morgan fingerprint density at radius 2 is 1.12 bits per heavy atom. The molecule has 10 aromatic rings. The van der Waals surface area contributed by atoms with Gasteiger partial charge in [0.1, 0.15) is 5.82 Å². The van der Waals surface area contributed by atoms with Crippen molar-refractivity contribution >= 4 is 44.6 Å². The largest absolute Gasteiger partial charge is 0.509 e. The standard InChI is InChI=1S/C70H67N4O.Pt/c1-46(2)58-29-21-30-59(47(3)4)67(58)48-38-55(73-45-72(65-41-51(68(5,6)7)32-35-63(65)73)54-27-20-26-52(40-54)69(8,9)49-22-14-12-15-23-49)43-57(39-48)75-56-33-34-61-60-28-18-19-31-62(60)74(64(61)44-56)66-42-53(36-37-71-66)70(10,11)50-24-16-13-17-25-50;/h12-42,45-47H,1-11H3;/q-3;. The molecule has 0 amide bonds. The molecule has 76 heavy (non-hydrogen) atoms. The predicted molar refractivity (Wildman–Crippen MR) is 314 cm³/mol. The van der Waals surface area contributed by atoms with Gasteiger partial charge in [-0.3, -0.25) is 0 Å². The second-order valence-corrected chi connectivity index (χ2v) is 23.0. The second-order valence-electron chi connectivity index (χ2n) is 23.0. The summed E-state index contributed by atoms with van der Waals surface area (Å²) < 4.78 is 9.36. The van der Waals surface area contributed by atoms with Crippen molar-refractivity contribution in [2.45, 2.75) is 104 Å². The molecule has 1 aliphatic rings. The van der Waals surface area contributed by atoms with E-state index < -0.39 is 0 Å². The summed E-state index contributed by atoms with van der Waals surface area (Å²) >= 11 is 0. The van der Waals surface area contributed by atoms with Crippen LogP contribution in [0.1, 0.15) is 127 Å². The molecule has 1 aliphatic heterocycles. The fraction of sp³-hybridized carbons (Fsp3) is 0.229. The molecular formula is C70H67N4OPt-3. The second kappa shape index (κ2) is 20.4. The first-order chi connectivity index (χ1) is 36.0. The van der Waals surface area contributed by atoms with E-state index in [4.69, 9.17) is 9.72 Å². The van der Waals surface area contributed by atoms with Crippen LogP contribution in [0, 0.1) is 18.8 Å². The minimum Gasteiger partial charge on any atom is -0.509 e. The summed E-state index contributed by atoms with van der Waals surface area (Å²) in [6, 6.07) is 73.4. The normalized spacial score (nSPS) is 13.0. The first-order valence-electron chi connectivity index (χ1n) is 26.6. The predicted octanol–water partition coefficient (Wildman–Crippen LogP) is 18.8. The van der Waals surface area contributed by atoms with Crippen LogP contribution in [-0.4, -0.2) is 9.55 Å². The summed E-state index contributed by atoms with van der Waals surface area (Å²) in [5, 5.41) is 2.20. The molecule has 0 saturated heterocycles. The van der Waals surface area contributed by atoms with E-state index in [-0.39, 0.29) is 49.1 Å². The van der Waals surface area contributed by atoms with Crippen LogP contribution in [0.25, 0.3) is 38.8 Å². The molecule has 0 bridgehead atoms. The van der Waals surface area contributed by atoms with Crippen LogP contribution in [0.4, 0.5) is 22.7 Å². The molecule has 2 aromatic heterocycles. The molecule has 0 spiro atoms. The molecule has 5 nitrogen and oxygen atoms in total. The van der Waals surface area contributed by atoms with E-state index in [0.717, 1.165) is 55.9 Å². The Labute approximate surface area is 465 Å². The van der Waals surface area contributed by atoms with Gasteiger partial charge in [0.05, 0.1) is 0 Å². The fourth-order valence-corrected chi connectivity index (χ4v) is 11.1. The molecule has 0 fully saturated rings. The molecule has 6 heteroatoms. The molecule has 0 saturated carbocycles. The summed E-state index contributed by atoms with van der Waals surface area (Å²) in [7, 11) is 0. The van der Waals surface area contributed by atoms with Gasteiger partial charge in [-0.05, 0) is 110 Å². The Bertz CT molecular complexity index is 3710. The molecule has 0 aliphatic carbocycles. The minimum atomic E-state index is -0.250. The summed E-state index contributed by atoms with van der Waals surface area (Å²) in [5.41, 5.74) is 16.7. The first kappa shape index (κ1) is 52.2. The SMILES string of the molecule is CC(C)c1cccc(C(C)C)c1-c1cc(Oc2[c-]c3c(cc2)c2ccccc2n3-c2cc(C(C)(C)c3ccccc3)ccn2)[c-]c(N2[CH-]N(c3cccc(C(C)(C)c4ccccc4)c3)c3cc(C(C)(C)C)ccc32)c1.[Pt]. The number of ether oxygens (including phenoxy) is 1. The van der Waals surface area contributed by atoms with Crippen LogP contribution in [0.3, 0.4) is 0 Å². The van der Waals surface area contributed by atoms with E-state index in [1.54, 1.807) is 0 Å². The number of nitrogens with zero attached hydrogens (tertiary/aromatic N) is 4. The zero-order chi connectivity index (χ0) is 52.4. The van der Waals surface area contributed by atoms with E-state index in [2.05, 4.69) is 285 Å². The fourth-order valence-electron chi connectivity index (χ4n) is 11.1. The zero-order valence-electron chi connectivity index (χ0n) is 45.6. The van der Waals surface area contributed by atoms with Crippen molar-refractivity contribution in [3.05, 3.63) is 246 Å². The number of pyridine rings is 1. The van der Waals surface area contributed by atoms with Crippen LogP contribution in [0.5, 0.6) is 11.5 Å². The van der Waals surface area contributed by atoms with Crippen molar-refractivity contribution in [3.63, 3.8) is 0 Å². The van der Waals surface area contributed by atoms with Crippen molar-refractivity contribution in [1.82, 2.24) is 9.55 Å². The zero-order valence-corrected chi connectivity index (χ0v) is 47.9. The number of aromatic nitrogens is 2. The van der Waals surface area contributed by atoms with Crippen LogP contribution in [-0.2, 0) is 37.3 Å². The van der Waals surface area contributed by atoms with Gasteiger partial charge in [0.15, 0.2) is 0 Å². The van der Waals surface area contributed by atoms with Crippen LogP contribution >= 0.6 is 0 Å². The van der Waals surface area contributed by atoms with Gasteiger partial charge < -0.3 is 19.1 Å². The minimum absolute atomic E-state index is 0. The van der Waals surface area contributed by atoms with E-state index in [0.29, 0.717) is 11.5 Å². The number of anilines is 4. The Balaban J connectivity index is 0.00000657. The quantitative estimate of drug-likeness (QED) is 0.114. The van der Waals surface area contributed by atoms with Gasteiger partial charge in [0.25, 0.3) is 0 Å². The third-order valence-electron chi connectivity index (χ3n) is 15.7. The van der Waals surface area contributed by atoms with Crippen LogP contribution in [0.2, 0.25) is 0 Å². The summed E-state index contributed by atoms with van der Waals surface area (Å²) in [4.78, 5) is 9.67. The van der Waals surface area contributed by atoms with Gasteiger partial charge in [0, 0.05) is 72.2 Å². The summed E-state index contributed by atoms with van der Waals surface area (Å²) in [6.45, 7) is 27.4. The van der Waals surface area contributed by atoms with Crippen molar-refractivity contribution in [3.8, 4) is 28.4 Å². The van der Waals surface area contributed by atoms with Crippen molar-refractivity contribution in [2.75, 3.05) is 9.80 Å². The average molecular weight is 1180 g/mol. The first-order valence-corrected chi connectivity index (χ1v) is 26.6. The summed E-state index contributed by atoms with van der Waals surface area (Å²) in [5.74, 6) is 2.60. The average Bonchev–Trinajstić information content (AvgIpc) is 3.99. The van der Waals surface area contributed by atoms with E-state index in [1.807, 2.05) is 12.3 Å². The topological polar surface area (TPSA) is 33.5 Å². The molecular weight excluding hydrogens is 1110 g/mol. The number of para-hydroxylation sites is 1. The Hall–Kier alpha value is -7.20. The third-order valence-corrected chi connectivity index (χ3v) is 15.7. The molecule has 11 rings (SSSR count). The number of hydrogen-bond acceptors (Lipinski definition) is 4. The number of rotatable bonds is 12. The number of benzene rings is 8. The third kappa shape index (κ3) is 9.57. The van der Waals surface area contributed by atoms with E-state index in [9.17, 15) is 0 Å². The van der Waals surface area contributed by atoms with Crippen molar-refractivity contribution in [1.29, 1.82) is 0 Å². The molecule has 0 N–H and O–H groups in total. The number of hydrogen-bond donors (Lipinski definition) is 0. The van der Waals surface area contributed by atoms with Gasteiger partial charge >= 0.3 is 0 Å². The van der Waals surface area contributed by atoms with Crippen molar-refractivity contribution in [2.24, 2.45) is 0 Å². The Morgan fingerprint density at radius 3 is 1.78 bits per heavy atom. The van der Waals surface area contributed by atoms with Gasteiger partial charge in [0.2, 0.25) is 0 Å². The van der Waals surface area contributed by atoms with Crippen LogP contribution < -0.4 is 14.5 Å². The molecule has 386 valence electrons. The van der Waals surface area contributed by atoms with E-state index >= 15 is 0 Å². The molecule has 3 heterocycles. The van der Waals surface area contributed by atoms with E-state index in [1.165, 1.54) is 44.5 Å². The van der Waals surface area contributed by atoms with Gasteiger partial charge in [-0.15, -0.1) is 53.6 Å². The maximum absolute atomic E-state index is 7.13. The molecule has 8 aromatic carbocycles. The van der Waals surface area contributed by atoms with Gasteiger partial charge in [-0.1, -0.05) is 197 Å². The Kier molecular flexibility index (Phi) is 14.0. The van der Waals surface area contributed by atoms with Gasteiger partial charge in [-0.25, -0.2) is 4.98 Å². The molecule has 0 unspecified atom stereocenters. The van der Waals surface area contributed by atoms with Gasteiger partial charge in [-0.2, -0.15) is 6.07 Å². The van der Waals surface area contributed by atoms with Crippen LogP contribution in [0.15, 0.2) is 188 Å². The molecule has 0 atom stereocenters. The smallest absolute Gasteiger partial charge is 0.135 e. The summed E-state index contributed by atoms with van der Waals surface area (Å²) in [6.07, 6.45) is 1.93. The molecule has 0 radical (unpaired) electrons. The monoisotopic (exact) mass is 1170 g/mol.